The Bertz CT molecular complexity index is 693. The number of aromatic amines is 1. The number of rotatable bonds is 3. The minimum absolute atomic E-state index is 0.0657. The van der Waals surface area contributed by atoms with Crippen molar-refractivity contribution in [1.29, 1.82) is 0 Å². The highest BCUT2D eigenvalue weighted by Gasteiger charge is 2.09. The molecule has 3 aromatic rings. The van der Waals surface area contributed by atoms with Crippen molar-refractivity contribution >= 4 is 28.1 Å². The van der Waals surface area contributed by atoms with Gasteiger partial charge in [-0.2, -0.15) is 0 Å². The molecule has 2 heterocycles. The molecular formula is C15H14N2OS. The van der Waals surface area contributed by atoms with Gasteiger partial charge in [-0.15, -0.1) is 11.3 Å². The quantitative estimate of drug-likeness (QED) is 0.752. The summed E-state index contributed by atoms with van der Waals surface area (Å²) in [6.45, 7) is 2.64. The van der Waals surface area contributed by atoms with Crippen LogP contribution in [0.3, 0.4) is 0 Å². The molecule has 0 unspecified atom stereocenters. The maximum atomic E-state index is 12.1. The molecular weight excluding hydrogens is 256 g/mol. The largest absolute Gasteiger partial charge is 0.351 e. The van der Waals surface area contributed by atoms with E-state index in [1.807, 2.05) is 35.7 Å². The number of benzene rings is 1. The van der Waals surface area contributed by atoms with Crippen LogP contribution in [0, 0.1) is 6.92 Å². The van der Waals surface area contributed by atoms with Crippen LogP contribution in [0.25, 0.3) is 10.9 Å². The molecule has 1 amide bonds. The molecule has 2 N–H and O–H groups in total. The molecule has 1 aromatic carbocycles. The summed E-state index contributed by atoms with van der Waals surface area (Å²) in [6.07, 6.45) is 0. The Balaban J connectivity index is 1.75. The molecule has 0 radical (unpaired) electrons. The number of carbonyl (C=O) groups is 1. The third-order valence-corrected chi connectivity index (χ3v) is 4.18. The maximum Gasteiger partial charge on any atom is 0.268 e. The molecule has 0 saturated heterocycles. The average molecular weight is 270 g/mol. The molecule has 0 spiro atoms. The van der Waals surface area contributed by atoms with E-state index in [0.717, 1.165) is 10.9 Å². The molecule has 19 heavy (non-hydrogen) atoms. The van der Waals surface area contributed by atoms with Gasteiger partial charge in [0.15, 0.2) is 0 Å². The number of para-hydroxylation sites is 1. The molecule has 0 atom stereocenters. The van der Waals surface area contributed by atoms with Crippen molar-refractivity contribution in [3.63, 3.8) is 0 Å². The Kier molecular flexibility index (Phi) is 3.09. The third kappa shape index (κ3) is 2.39. The Morgan fingerprint density at radius 1 is 1.32 bits per heavy atom. The van der Waals surface area contributed by atoms with Crippen LogP contribution in [-0.4, -0.2) is 10.9 Å². The van der Waals surface area contributed by atoms with Crippen molar-refractivity contribution in [2.24, 2.45) is 0 Å². The van der Waals surface area contributed by atoms with Crippen LogP contribution in [0.5, 0.6) is 0 Å². The first-order chi connectivity index (χ1) is 9.24. The van der Waals surface area contributed by atoms with Crippen molar-refractivity contribution in [2.45, 2.75) is 13.5 Å². The molecule has 4 heteroatoms. The fraction of sp³-hybridized carbons (Fsp3) is 0.133. The normalized spacial score (nSPS) is 10.8. The first-order valence-corrected chi connectivity index (χ1v) is 7.01. The Labute approximate surface area is 115 Å². The number of hydrogen-bond donors (Lipinski definition) is 2. The van der Waals surface area contributed by atoms with E-state index in [1.165, 1.54) is 10.4 Å². The number of fused-ring (bicyclic) bond motifs is 1. The lowest BCUT2D eigenvalue weighted by Gasteiger charge is -2.02. The number of nitrogens with one attached hydrogen (secondary N) is 2. The van der Waals surface area contributed by atoms with Gasteiger partial charge in [0, 0.05) is 15.8 Å². The summed E-state index contributed by atoms with van der Waals surface area (Å²) in [6, 6.07) is 11.8. The monoisotopic (exact) mass is 270 g/mol. The molecule has 0 aliphatic carbocycles. The van der Waals surface area contributed by atoms with E-state index < -0.39 is 0 Å². The fourth-order valence-corrected chi connectivity index (χ4v) is 2.88. The van der Waals surface area contributed by atoms with Gasteiger partial charge in [-0.3, -0.25) is 4.79 Å². The highest BCUT2D eigenvalue weighted by Crippen LogP contribution is 2.16. The van der Waals surface area contributed by atoms with E-state index >= 15 is 0 Å². The van der Waals surface area contributed by atoms with E-state index in [0.29, 0.717) is 12.2 Å². The smallest absolute Gasteiger partial charge is 0.268 e. The zero-order valence-electron chi connectivity index (χ0n) is 10.6. The van der Waals surface area contributed by atoms with Crippen molar-refractivity contribution in [3.05, 3.63) is 57.9 Å². The van der Waals surface area contributed by atoms with Gasteiger partial charge in [0.05, 0.1) is 6.54 Å². The number of hydrogen-bond acceptors (Lipinski definition) is 2. The van der Waals surface area contributed by atoms with Gasteiger partial charge in [-0.05, 0) is 36.1 Å². The number of thiophene rings is 1. The predicted molar refractivity (Wildman–Crippen MR) is 78.5 cm³/mol. The summed E-state index contributed by atoms with van der Waals surface area (Å²) in [7, 11) is 0. The Morgan fingerprint density at radius 2 is 2.16 bits per heavy atom. The number of carbonyl (C=O) groups excluding carboxylic acids is 1. The minimum Gasteiger partial charge on any atom is -0.351 e. The van der Waals surface area contributed by atoms with Crippen LogP contribution in [-0.2, 0) is 6.54 Å². The topological polar surface area (TPSA) is 44.9 Å². The van der Waals surface area contributed by atoms with Gasteiger partial charge < -0.3 is 10.3 Å². The summed E-state index contributed by atoms with van der Waals surface area (Å²) in [4.78, 5) is 16.4. The third-order valence-electron chi connectivity index (χ3n) is 3.15. The molecule has 0 aliphatic rings. The summed E-state index contributed by atoms with van der Waals surface area (Å²) in [5.74, 6) is -0.0657. The molecule has 0 bridgehead atoms. The molecule has 3 rings (SSSR count). The van der Waals surface area contributed by atoms with Crippen LogP contribution in [0.4, 0.5) is 0 Å². The highest BCUT2D eigenvalue weighted by atomic mass is 32.1. The second-order valence-electron chi connectivity index (χ2n) is 4.48. The van der Waals surface area contributed by atoms with E-state index in [4.69, 9.17) is 0 Å². The summed E-state index contributed by atoms with van der Waals surface area (Å²) < 4.78 is 0. The van der Waals surface area contributed by atoms with E-state index in [2.05, 4.69) is 23.3 Å². The summed E-state index contributed by atoms with van der Waals surface area (Å²) in [5, 5.41) is 6.04. The number of aromatic nitrogens is 1. The van der Waals surface area contributed by atoms with Crippen LogP contribution in [0.15, 0.2) is 41.8 Å². The second-order valence-corrected chi connectivity index (χ2v) is 5.48. The van der Waals surface area contributed by atoms with E-state index in [9.17, 15) is 4.79 Å². The summed E-state index contributed by atoms with van der Waals surface area (Å²) >= 11 is 1.67. The zero-order chi connectivity index (χ0) is 13.2. The number of amides is 1. The van der Waals surface area contributed by atoms with Gasteiger partial charge in [0.1, 0.15) is 5.69 Å². The summed E-state index contributed by atoms with van der Waals surface area (Å²) in [5.41, 5.74) is 2.82. The van der Waals surface area contributed by atoms with E-state index in [-0.39, 0.29) is 5.91 Å². The maximum absolute atomic E-state index is 12.1. The molecule has 2 aromatic heterocycles. The fourth-order valence-electron chi connectivity index (χ4n) is 2.04. The second kappa shape index (κ2) is 4.90. The van der Waals surface area contributed by atoms with Crippen LogP contribution >= 0.6 is 11.3 Å². The van der Waals surface area contributed by atoms with Crippen LogP contribution in [0.2, 0.25) is 0 Å². The SMILES string of the molecule is Cc1ccsc1CNC(=O)c1cc2ccccc2[nH]1. The van der Waals surface area contributed by atoms with Crippen LogP contribution in [0.1, 0.15) is 20.9 Å². The van der Waals surface area contributed by atoms with Crippen molar-refractivity contribution < 1.29 is 4.79 Å². The van der Waals surface area contributed by atoms with Gasteiger partial charge in [0.25, 0.3) is 5.91 Å². The van der Waals surface area contributed by atoms with Crippen molar-refractivity contribution in [2.75, 3.05) is 0 Å². The highest BCUT2D eigenvalue weighted by molar-refractivity contribution is 7.10. The van der Waals surface area contributed by atoms with Gasteiger partial charge in [-0.1, -0.05) is 18.2 Å². The van der Waals surface area contributed by atoms with Crippen molar-refractivity contribution in [1.82, 2.24) is 10.3 Å². The van der Waals surface area contributed by atoms with Crippen molar-refractivity contribution in [3.8, 4) is 0 Å². The van der Waals surface area contributed by atoms with Crippen LogP contribution < -0.4 is 5.32 Å². The lowest BCUT2D eigenvalue weighted by Crippen LogP contribution is -2.22. The Hall–Kier alpha value is -2.07. The lowest BCUT2D eigenvalue weighted by molar-refractivity contribution is 0.0947. The van der Waals surface area contributed by atoms with E-state index in [1.54, 1.807) is 11.3 Å². The number of H-pyrrole nitrogens is 1. The first kappa shape index (κ1) is 12.0. The van der Waals surface area contributed by atoms with Gasteiger partial charge in [0.2, 0.25) is 0 Å². The molecule has 0 saturated carbocycles. The predicted octanol–water partition coefficient (Wildman–Crippen LogP) is 3.47. The minimum atomic E-state index is -0.0657. The molecule has 0 fully saturated rings. The van der Waals surface area contributed by atoms with Gasteiger partial charge >= 0.3 is 0 Å². The average Bonchev–Trinajstić information content (AvgIpc) is 3.01. The molecule has 3 nitrogen and oxygen atoms in total. The number of aryl methyl sites for hydroxylation is 1. The molecule has 0 aliphatic heterocycles. The lowest BCUT2D eigenvalue weighted by atomic mass is 10.2. The standard InChI is InChI=1S/C15H14N2OS/c1-10-6-7-19-14(10)9-16-15(18)13-8-11-4-2-3-5-12(11)17-13/h2-8,17H,9H2,1H3,(H,16,18). The van der Waals surface area contributed by atoms with Gasteiger partial charge in [-0.25, -0.2) is 0 Å². The molecule has 96 valence electrons. The Morgan fingerprint density at radius 3 is 2.89 bits per heavy atom. The zero-order valence-corrected chi connectivity index (χ0v) is 11.4. The first-order valence-electron chi connectivity index (χ1n) is 6.13.